The Morgan fingerprint density at radius 1 is 1.33 bits per heavy atom. The maximum absolute atomic E-state index is 12.4. The lowest BCUT2D eigenvalue weighted by molar-refractivity contribution is 0.0991. The number of nitrogens with one attached hydrogen (secondary N) is 1. The molecule has 2 heterocycles. The maximum atomic E-state index is 12.4. The number of nitrogens with two attached hydrogens (primary N) is 1. The summed E-state index contributed by atoms with van der Waals surface area (Å²) >= 11 is 8.89. The molecule has 24 heavy (non-hydrogen) atoms. The predicted octanol–water partition coefficient (Wildman–Crippen LogP) is 3.57. The van der Waals surface area contributed by atoms with E-state index in [0.717, 1.165) is 19.2 Å². The van der Waals surface area contributed by atoms with E-state index in [4.69, 9.17) is 10.5 Å². The predicted molar refractivity (Wildman–Crippen MR) is 101 cm³/mol. The van der Waals surface area contributed by atoms with E-state index >= 15 is 0 Å². The zero-order valence-electron chi connectivity index (χ0n) is 12.4. The number of rotatable bonds is 3. The Bertz CT molecular complexity index is 792. The van der Waals surface area contributed by atoms with E-state index in [0.29, 0.717) is 35.9 Å². The summed E-state index contributed by atoms with van der Waals surface area (Å²) in [5, 5.41) is 3.14. The van der Waals surface area contributed by atoms with Crippen molar-refractivity contribution in [2.24, 2.45) is 5.73 Å². The molecule has 0 saturated heterocycles. The van der Waals surface area contributed by atoms with Crippen molar-refractivity contribution >= 4 is 62.7 Å². The molecule has 0 unspecified atom stereocenters. The largest absolute Gasteiger partial charge is 0.376 e. The molecule has 0 saturated carbocycles. The van der Waals surface area contributed by atoms with Gasteiger partial charge in [-0.15, -0.1) is 11.3 Å². The number of ether oxygens (including phenoxy) is 1. The molecule has 3 amide bonds. The Morgan fingerprint density at radius 2 is 2.04 bits per heavy atom. The number of nitrogens with zero attached hydrogens (tertiary/aromatic N) is 1. The van der Waals surface area contributed by atoms with Gasteiger partial charge in [-0.1, -0.05) is 28.7 Å². The zero-order chi connectivity index (χ0) is 17.3. The van der Waals surface area contributed by atoms with Crippen molar-refractivity contribution in [3.63, 3.8) is 0 Å². The fourth-order valence-electron chi connectivity index (χ4n) is 2.42. The number of benzene rings is 1. The number of amides is 3. The van der Waals surface area contributed by atoms with Crippen LogP contribution in [-0.4, -0.2) is 18.5 Å². The number of primary amides is 1. The molecule has 9 heteroatoms. The average Bonchev–Trinajstić information content (AvgIpc) is 2.95. The van der Waals surface area contributed by atoms with Crippen molar-refractivity contribution in [2.75, 3.05) is 16.2 Å². The minimum absolute atomic E-state index is 0.347. The summed E-state index contributed by atoms with van der Waals surface area (Å²) in [4.78, 5) is 25.2. The van der Waals surface area contributed by atoms with Crippen molar-refractivity contribution in [2.45, 2.75) is 13.0 Å². The molecule has 1 aromatic heterocycles. The average molecular weight is 428 g/mol. The summed E-state index contributed by atoms with van der Waals surface area (Å²) < 4.78 is 7.42. The van der Waals surface area contributed by atoms with Gasteiger partial charge in [0.15, 0.2) is 0 Å². The number of fused-ring (bicyclic) bond motifs is 1. The first kappa shape index (κ1) is 17.3. The lowest BCUT2D eigenvalue weighted by Gasteiger charge is -2.16. The zero-order valence-corrected chi connectivity index (χ0v) is 15.7. The number of anilines is 2. The van der Waals surface area contributed by atoms with Crippen molar-refractivity contribution < 1.29 is 14.3 Å². The highest BCUT2D eigenvalue weighted by Crippen LogP contribution is 2.39. The summed E-state index contributed by atoms with van der Waals surface area (Å²) in [6.45, 7) is 0.942. The van der Waals surface area contributed by atoms with Crippen LogP contribution in [0.15, 0.2) is 28.7 Å². The Labute approximate surface area is 156 Å². The van der Waals surface area contributed by atoms with E-state index in [9.17, 15) is 9.59 Å². The van der Waals surface area contributed by atoms with E-state index < -0.39 is 11.9 Å². The number of hydrogen-bond acceptors (Lipinski definition) is 5. The molecule has 1 aliphatic heterocycles. The lowest BCUT2D eigenvalue weighted by atomic mass is 10.1. The van der Waals surface area contributed by atoms with Gasteiger partial charge in [0.2, 0.25) is 0 Å². The first-order valence-electron chi connectivity index (χ1n) is 7.05. The molecule has 0 radical (unpaired) electrons. The number of carbonyl (C=O) groups excluding carboxylic acids is 2. The minimum Gasteiger partial charge on any atom is -0.376 e. The van der Waals surface area contributed by atoms with Crippen LogP contribution in [0.3, 0.4) is 0 Å². The molecule has 2 aromatic rings. The second kappa shape index (κ2) is 7.14. The van der Waals surface area contributed by atoms with Gasteiger partial charge in [-0.2, -0.15) is 0 Å². The third kappa shape index (κ3) is 3.44. The fourth-order valence-corrected chi connectivity index (χ4v) is 4.16. The molecule has 6 nitrogen and oxygen atoms in total. The van der Waals surface area contributed by atoms with E-state index in [1.54, 1.807) is 12.1 Å². The third-order valence-corrected chi connectivity index (χ3v) is 5.76. The molecule has 126 valence electrons. The molecule has 3 N–H and O–H groups in total. The summed E-state index contributed by atoms with van der Waals surface area (Å²) in [7, 11) is 0. The van der Waals surface area contributed by atoms with Crippen LogP contribution in [0.1, 0.15) is 20.8 Å². The Kier molecular flexibility index (Phi) is 5.14. The van der Waals surface area contributed by atoms with Crippen LogP contribution in [-0.2, 0) is 17.8 Å². The van der Waals surface area contributed by atoms with Gasteiger partial charge in [-0.3, -0.25) is 4.79 Å². The van der Waals surface area contributed by atoms with E-state index in [1.807, 2.05) is 12.1 Å². The number of thiophene rings is 1. The normalized spacial score (nSPS) is 13.2. The quantitative estimate of drug-likeness (QED) is 0.654. The van der Waals surface area contributed by atoms with Crippen LogP contribution >= 0.6 is 40.1 Å². The number of halogens is 1. The summed E-state index contributed by atoms with van der Waals surface area (Å²) in [6.07, 6.45) is 0.597. The highest BCUT2D eigenvalue weighted by atomic mass is 79.9. The number of urea groups is 1. The van der Waals surface area contributed by atoms with Gasteiger partial charge >= 0.3 is 6.03 Å². The van der Waals surface area contributed by atoms with Gasteiger partial charge in [0.25, 0.3) is 5.91 Å². The third-order valence-electron chi connectivity index (χ3n) is 3.53. The van der Waals surface area contributed by atoms with Crippen LogP contribution in [0.4, 0.5) is 15.5 Å². The van der Waals surface area contributed by atoms with Gasteiger partial charge in [-0.05, 0) is 36.2 Å². The molecular weight excluding hydrogens is 414 g/mol. The SMILES string of the molecule is NC(=O)c1c(N(S)C(=O)Nc2ccc(Br)cc2)sc2c1CCOC2. The molecule has 1 aliphatic rings. The smallest absolute Gasteiger partial charge is 0.337 e. The molecule has 1 aromatic carbocycles. The molecule has 0 atom stereocenters. The first-order valence-corrected chi connectivity index (χ1v) is 9.06. The van der Waals surface area contributed by atoms with Crippen molar-refractivity contribution in [3.05, 3.63) is 44.7 Å². The van der Waals surface area contributed by atoms with Gasteiger partial charge in [0.05, 0.1) is 18.8 Å². The second-order valence-electron chi connectivity index (χ2n) is 5.10. The van der Waals surface area contributed by atoms with Crippen LogP contribution in [0, 0.1) is 0 Å². The Morgan fingerprint density at radius 3 is 2.71 bits per heavy atom. The van der Waals surface area contributed by atoms with Crippen molar-refractivity contribution in [1.82, 2.24) is 0 Å². The van der Waals surface area contributed by atoms with Crippen LogP contribution < -0.4 is 15.4 Å². The molecular formula is C15H14BrN3O3S2. The standard InChI is InChI=1S/C15H14BrN3O3S2/c16-8-1-3-9(4-2-8)18-15(21)19(23)14-12(13(17)20)10-5-6-22-7-11(10)24-14/h1-4,23H,5-7H2,(H2,17,20)(H,18,21). The number of carbonyl (C=O) groups is 2. The van der Waals surface area contributed by atoms with Gasteiger partial charge in [0, 0.05) is 15.0 Å². The van der Waals surface area contributed by atoms with Crippen LogP contribution in [0.2, 0.25) is 0 Å². The highest BCUT2D eigenvalue weighted by Gasteiger charge is 2.28. The molecule has 0 fully saturated rings. The Balaban J connectivity index is 1.87. The molecule has 0 bridgehead atoms. The van der Waals surface area contributed by atoms with E-state index in [-0.39, 0.29) is 0 Å². The van der Waals surface area contributed by atoms with Crippen LogP contribution in [0.25, 0.3) is 0 Å². The second-order valence-corrected chi connectivity index (χ2v) is 7.50. The minimum atomic E-state index is -0.570. The van der Waals surface area contributed by atoms with Crippen LogP contribution in [0.5, 0.6) is 0 Å². The lowest BCUT2D eigenvalue weighted by Crippen LogP contribution is -2.28. The van der Waals surface area contributed by atoms with Gasteiger partial charge in [0.1, 0.15) is 5.00 Å². The number of thiol groups is 1. The van der Waals surface area contributed by atoms with Gasteiger partial charge in [-0.25, -0.2) is 9.10 Å². The molecule has 3 rings (SSSR count). The Hall–Kier alpha value is -1.55. The highest BCUT2D eigenvalue weighted by molar-refractivity contribution is 9.10. The van der Waals surface area contributed by atoms with E-state index in [1.165, 1.54) is 11.3 Å². The van der Waals surface area contributed by atoms with Crippen molar-refractivity contribution in [3.8, 4) is 0 Å². The summed E-state index contributed by atoms with van der Waals surface area (Å²) in [5.74, 6) is -0.570. The first-order chi connectivity index (χ1) is 11.5. The van der Waals surface area contributed by atoms with Crippen molar-refractivity contribution in [1.29, 1.82) is 0 Å². The maximum Gasteiger partial charge on any atom is 0.337 e. The summed E-state index contributed by atoms with van der Waals surface area (Å²) in [5.41, 5.74) is 7.34. The summed E-state index contributed by atoms with van der Waals surface area (Å²) in [6, 6.07) is 6.67. The topological polar surface area (TPSA) is 84.7 Å². The fraction of sp³-hybridized carbons (Fsp3) is 0.200. The number of hydrogen-bond donors (Lipinski definition) is 3. The molecule has 0 spiro atoms. The molecule has 0 aliphatic carbocycles. The van der Waals surface area contributed by atoms with Gasteiger partial charge < -0.3 is 15.8 Å². The van der Waals surface area contributed by atoms with E-state index in [2.05, 4.69) is 34.1 Å². The monoisotopic (exact) mass is 427 g/mol.